The molecule has 0 amide bonds. The van der Waals surface area contributed by atoms with Crippen molar-refractivity contribution in [3.8, 4) is 0 Å². The summed E-state index contributed by atoms with van der Waals surface area (Å²) in [6, 6.07) is 0. The third kappa shape index (κ3) is 1.55. The summed E-state index contributed by atoms with van der Waals surface area (Å²) in [6.07, 6.45) is 4.42. The van der Waals surface area contributed by atoms with Crippen molar-refractivity contribution in [3.05, 3.63) is 0 Å². The Labute approximate surface area is 72.7 Å². The number of fused-ring (bicyclic) bond motifs is 1. The molecule has 0 aromatic carbocycles. The van der Waals surface area contributed by atoms with Crippen molar-refractivity contribution in [2.75, 3.05) is 13.7 Å². The van der Waals surface area contributed by atoms with E-state index in [2.05, 4.69) is 12.6 Å². The van der Waals surface area contributed by atoms with E-state index >= 15 is 0 Å². The van der Waals surface area contributed by atoms with Crippen molar-refractivity contribution in [2.45, 2.75) is 36.2 Å². The molecule has 3 atom stereocenters. The van der Waals surface area contributed by atoms with E-state index in [1.807, 2.05) is 0 Å². The molecule has 64 valence electrons. The first-order valence-electron chi connectivity index (χ1n) is 4.10. The number of hydrogen-bond donors (Lipinski definition) is 1. The van der Waals surface area contributed by atoms with Gasteiger partial charge < -0.3 is 9.47 Å². The van der Waals surface area contributed by atoms with Crippen LogP contribution in [0, 0.1) is 0 Å². The molecule has 1 aliphatic heterocycles. The number of thiol groups is 1. The van der Waals surface area contributed by atoms with Gasteiger partial charge in [0.05, 0.1) is 18.8 Å². The van der Waals surface area contributed by atoms with Gasteiger partial charge in [-0.2, -0.15) is 12.6 Å². The van der Waals surface area contributed by atoms with Crippen molar-refractivity contribution >= 4 is 12.6 Å². The molecule has 0 radical (unpaired) electrons. The molecule has 11 heavy (non-hydrogen) atoms. The van der Waals surface area contributed by atoms with Crippen molar-refractivity contribution in [3.63, 3.8) is 0 Å². The van der Waals surface area contributed by atoms with E-state index in [0.717, 1.165) is 25.9 Å². The molecular weight excluding hydrogens is 160 g/mol. The monoisotopic (exact) mass is 174 g/mol. The Kier molecular flexibility index (Phi) is 1.90. The fraction of sp³-hybridized carbons (Fsp3) is 1.00. The van der Waals surface area contributed by atoms with Crippen LogP contribution in [0.5, 0.6) is 0 Å². The third-order valence-corrected chi connectivity index (χ3v) is 3.11. The molecule has 1 aliphatic carbocycles. The van der Waals surface area contributed by atoms with Gasteiger partial charge in [-0.15, -0.1) is 0 Å². The van der Waals surface area contributed by atoms with Gasteiger partial charge in [0.2, 0.25) is 0 Å². The minimum atomic E-state index is 0.0897. The summed E-state index contributed by atoms with van der Waals surface area (Å²) >= 11 is 4.61. The van der Waals surface area contributed by atoms with Crippen LogP contribution in [0.25, 0.3) is 0 Å². The second kappa shape index (κ2) is 2.64. The zero-order valence-electron chi connectivity index (χ0n) is 6.75. The molecule has 1 heterocycles. The fourth-order valence-electron chi connectivity index (χ4n) is 1.90. The van der Waals surface area contributed by atoms with Crippen molar-refractivity contribution in [1.29, 1.82) is 0 Å². The van der Waals surface area contributed by atoms with Gasteiger partial charge in [-0.25, -0.2) is 0 Å². The molecule has 0 aromatic rings. The van der Waals surface area contributed by atoms with Crippen LogP contribution in [0.2, 0.25) is 0 Å². The van der Waals surface area contributed by atoms with Gasteiger partial charge in [0, 0.05) is 11.9 Å². The van der Waals surface area contributed by atoms with Gasteiger partial charge >= 0.3 is 0 Å². The summed E-state index contributed by atoms with van der Waals surface area (Å²) in [5.41, 5.74) is 0. The standard InChI is InChI=1S/C8H14O2S/c1-9-5-8(11)3-2-6-7(4-8)10-6/h6-7,11H,2-5H2,1H3. The second-order valence-corrected chi connectivity index (χ2v) is 4.56. The Morgan fingerprint density at radius 1 is 1.64 bits per heavy atom. The highest BCUT2D eigenvalue weighted by Gasteiger charge is 2.48. The highest BCUT2D eigenvalue weighted by molar-refractivity contribution is 7.81. The highest BCUT2D eigenvalue weighted by atomic mass is 32.1. The van der Waals surface area contributed by atoms with Gasteiger partial charge in [-0.1, -0.05) is 0 Å². The highest BCUT2D eigenvalue weighted by Crippen LogP contribution is 2.44. The summed E-state index contributed by atoms with van der Waals surface area (Å²) in [5.74, 6) is 0. The van der Waals surface area contributed by atoms with Crippen LogP contribution in [0.4, 0.5) is 0 Å². The van der Waals surface area contributed by atoms with Crippen LogP contribution in [-0.2, 0) is 9.47 Å². The number of hydrogen-bond acceptors (Lipinski definition) is 3. The summed E-state index contributed by atoms with van der Waals surface area (Å²) < 4.78 is 10.6. The first-order chi connectivity index (χ1) is 5.23. The van der Waals surface area contributed by atoms with Crippen molar-refractivity contribution < 1.29 is 9.47 Å². The predicted octanol–water partition coefficient (Wildman–Crippen LogP) is 1.25. The van der Waals surface area contributed by atoms with Gasteiger partial charge in [0.1, 0.15) is 0 Å². The summed E-state index contributed by atoms with van der Waals surface area (Å²) in [6.45, 7) is 0.753. The van der Waals surface area contributed by atoms with Crippen LogP contribution >= 0.6 is 12.6 Å². The van der Waals surface area contributed by atoms with E-state index in [1.165, 1.54) is 0 Å². The van der Waals surface area contributed by atoms with Gasteiger partial charge in [-0.3, -0.25) is 0 Å². The summed E-state index contributed by atoms with van der Waals surface area (Å²) in [5, 5.41) is 0. The molecule has 1 saturated carbocycles. The maximum atomic E-state index is 5.42. The van der Waals surface area contributed by atoms with E-state index in [-0.39, 0.29) is 4.75 Å². The molecule has 0 spiro atoms. The molecule has 0 bridgehead atoms. The number of rotatable bonds is 2. The molecule has 0 aromatic heterocycles. The zero-order valence-corrected chi connectivity index (χ0v) is 7.64. The van der Waals surface area contributed by atoms with Gasteiger partial charge in [-0.05, 0) is 19.3 Å². The van der Waals surface area contributed by atoms with Crippen LogP contribution in [0.3, 0.4) is 0 Å². The molecule has 3 unspecified atom stereocenters. The average molecular weight is 174 g/mol. The topological polar surface area (TPSA) is 21.8 Å². The van der Waals surface area contributed by atoms with Crippen LogP contribution in [0.15, 0.2) is 0 Å². The lowest BCUT2D eigenvalue weighted by Gasteiger charge is -2.29. The van der Waals surface area contributed by atoms with E-state index < -0.39 is 0 Å². The Bertz CT molecular complexity index is 162. The quantitative estimate of drug-likeness (QED) is 0.502. The molecule has 2 rings (SSSR count). The first-order valence-corrected chi connectivity index (χ1v) is 4.55. The molecule has 3 heteroatoms. The smallest absolute Gasteiger partial charge is 0.0855 e. The predicted molar refractivity (Wildman–Crippen MR) is 46.1 cm³/mol. The number of methoxy groups -OCH3 is 1. The molecule has 2 nitrogen and oxygen atoms in total. The summed E-state index contributed by atoms with van der Waals surface area (Å²) in [4.78, 5) is 0. The first kappa shape index (κ1) is 7.90. The van der Waals surface area contributed by atoms with Crippen molar-refractivity contribution in [2.24, 2.45) is 0 Å². The van der Waals surface area contributed by atoms with Crippen molar-refractivity contribution in [1.82, 2.24) is 0 Å². The van der Waals surface area contributed by atoms with Gasteiger partial charge in [0.15, 0.2) is 0 Å². The lowest BCUT2D eigenvalue weighted by Crippen LogP contribution is -2.33. The molecule has 2 aliphatic rings. The molecule has 2 fully saturated rings. The van der Waals surface area contributed by atoms with E-state index in [0.29, 0.717) is 12.2 Å². The van der Waals surface area contributed by atoms with Crippen LogP contribution in [0.1, 0.15) is 19.3 Å². The van der Waals surface area contributed by atoms with E-state index in [1.54, 1.807) is 7.11 Å². The largest absolute Gasteiger partial charge is 0.383 e. The molecule has 0 N–H and O–H groups in total. The average Bonchev–Trinajstić information content (AvgIpc) is 2.65. The Morgan fingerprint density at radius 2 is 2.45 bits per heavy atom. The minimum absolute atomic E-state index is 0.0897. The Balaban J connectivity index is 1.91. The van der Waals surface area contributed by atoms with Crippen LogP contribution in [-0.4, -0.2) is 30.7 Å². The third-order valence-electron chi connectivity index (χ3n) is 2.58. The normalized spacial score (nSPS) is 48.5. The van der Waals surface area contributed by atoms with E-state index in [9.17, 15) is 0 Å². The summed E-state index contributed by atoms with van der Waals surface area (Å²) in [7, 11) is 1.73. The van der Waals surface area contributed by atoms with Crippen LogP contribution < -0.4 is 0 Å². The number of epoxide rings is 1. The lowest BCUT2D eigenvalue weighted by atomic mass is 9.89. The fourth-order valence-corrected chi connectivity index (χ4v) is 2.34. The maximum absolute atomic E-state index is 5.42. The maximum Gasteiger partial charge on any atom is 0.0855 e. The number of ether oxygens (including phenoxy) is 2. The lowest BCUT2D eigenvalue weighted by molar-refractivity contribution is 0.154. The van der Waals surface area contributed by atoms with E-state index in [4.69, 9.17) is 9.47 Å². The zero-order chi connectivity index (χ0) is 7.90. The second-order valence-electron chi connectivity index (χ2n) is 3.61. The molecule has 1 saturated heterocycles. The Hall–Kier alpha value is 0.270. The molecular formula is C8H14O2S. The van der Waals surface area contributed by atoms with Gasteiger partial charge in [0.25, 0.3) is 0 Å². The minimum Gasteiger partial charge on any atom is -0.383 e. The Morgan fingerprint density at radius 3 is 3.09 bits per heavy atom. The SMILES string of the molecule is COCC1(S)CCC2OC2C1.